The minimum Gasteiger partial charge on any atom is -0.207 e. The van der Waals surface area contributed by atoms with Crippen molar-refractivity contribution in [3.8, 4) is 0 Å². The SMILES string of the molecule is C=C/C=C(/F)C(=C)C(C)C.CC. The summed E-state index contributed by atoms with van der Waals surface area (Å²) in [4.78, 5) is 0. The van der Waals surface area contributed by atoms with E-state index in [0.717, 1.165) is 0 Å². The third kappa shape index (κ3) is 5.90. The van der Waals surface area contributed by atoms with E-state index in [4.69, 9.17) is 0 Å². The van der Waals surface area contributed by atoms with Crippen LogP contribution in [0.1, 0.15) is 27.7 Å². The van der Waals surface area contributed by atoms with Gasteiger partial charge in [-0.05, 0) is 17.6 Å². The Kier molecular flexibility index (Phi) is 9.43. The van der Waals surface area contributed by atoms with Gasteiger partial charge < -0.3 is 0 Å². The van der Waals surface area contributed by atoms with E-state index in [1.807, 2.05) is 27.7 Å². The van der Waals surface area contributed by atoms with Crippen LogP contribution in [0.5, 0.6) is 0 Å². The number of hydrogen-bond acceptors (Lipinski definition) is 0. The lowest BCUT2D eigenvalue weighted by Crippen LogP contribution is -1.91. The molecule has 0 spiro atoms. The van der Waals surface area contributed by atoms with Gasteiger partial charge in [0.15, 0.2) is 0 Å². The first kappa shape index (κ1) is 13.7. The van der Waals surface area contributed by atoms with Gasteiger partial charge in [0.2, 0.25) is 0 Å². The Bertz CT molecular complexity index is 164. The van der Waals surface area contributed by atoms with E-state index in [1.165, 1.54) is 12.2 Å². The van der Waals surface area contributed by atoms with Gasteiger partial charge >= 0.3 is 0 Å². The zero-order chi connectivity index (χ0) is 10.1. The van der Waals surface area contributed by atoms with Gasteiger partial charge in [0.25, 0.3) is 0 Å². The Balaban J connectivity index is 0. The lowest BCUT2D eigenvalue weighted by molar-refractivity contribution is 0.610. The van der Waals surface area contributed by atoms with E-state index in [0.29, 0.717) is 5.57 Å². The Hall–Kier alpha value is -0.850. The smallest absolute Gasteiger partial charge is 0.126 e. The summed E-state index contributed by atoms with van der Waals surface area (Å²) in [5.41, 5.74) is 0.528. The first-order valence-corrected chi connectivity index (χ1v) is 4.27. The van der Waals surface area contributed by atoms with Crippen molar-refractivity contribution in [3.63, 3.8) is 0 Å². The lowest BCUT2D eigenvalue weighted by atomic mass is 10.0. The van der Waals surface area contributed by atoms with E-state index in [-0.39, 0.29) is 11.7 Å². The van der Waals surface area contributed by atoms with Crippen LogP contribution in [-0.2, 0) is 0 Å². The third-order valence-electron chi connectivity index (χ3n) is 1.27. The number of rotatable bonds is 3. The first-order chi connectivity index (χ1) is 5.59. The number of hydrogen-bond donors (Lipinski definition) is 0. The summed E-state index contributed by atoms with van der Waals surface area (Å²) in [5, 5.41) is 0. The van der Waals surface area contributed by atoms with E-state index in [1.54, 1.807) is 0 Å². The predicted octanol–water partition coefficient (Wildman–Crippen LogP) is 4.26. The van der Waals surface area contributed by atoms with E-state index in [2.05, 4.69) is 13.2 Å². The van der Waals surface area contributed by atoms with Crippen LogP contribution >= 0.6 is 0 Å². The molecule has 0 fully saturated rings. The first-order valence-electron chi connectivity index (χ1n) is 4.27. The summed E-state index contributed by atoms with van der Waals surface area (Å²) in [6.45, 7) is 14.8. The molecule has 70 valence electrons. The van der Waals surface area contributed by atoms with Crippen LogP contribution in [0.15, 0.2) is 36.7 Å². The highest BCUT2D eigenvalue weighted by Crippen LogP contribution is 2.17. The molecule has 0 saturated carbocycles. The maximum atomic E-state index is 12.7. The molecule has 0 radical (unpaired) electrons. The van der Waals surface area contributed by atoms with Crippen molar-refractivity contribution in [3.05, 3.63) is 36.7 Å². The van der Waals surface area contributed by atoms with Crippen molar-refractivity contribution >= 4 is 0 Å². The fourth-order valence-corrected chi connectivity index (χ4v) is 0.486. The predicted molar refractivity (Wildman–Crippen MR) is 54.7 cm³/mol. The fourth-order valence-electron chi connectivity index (χ4n) is 0.486. The molecule has 0 atom stereocenters. The van der Waals surface area contributed by atoms with Crippen LogP contribution < -0.4 is 0 Å². The van der Waals surface area contributed by atoms with Crippen molar-refractivity contribution in [2.24, 2.45) is 5.92 Å². The normalized spacial score (nSPS) is 10.3. The molecule has 0 N–H and O–H groups in total. The second kappa shape index (κ2) is 8.25. The second-order valence-electron chi connectivity index (χ2n) is 2.43. The molecule has 12 heavy (non-hydrogen) atoms. The average molecular weight is 170 g/mol. The highest BCUT2D eigenvalue weighted by atomic mass is 19.1. The molecule has 1 heteroatoms. The monoisotopic (exact) mass is 170 g/mol. The topological polar surface area (TPSA) is 0 Å². The molecule has 0 heterocycles. The highest BCUT2D eigenvalue weighted by Gasteiger charge is 2.03. The molecular weight excluding hydrogens is 151 g/mol. The largest absolute Gasteiger partial charge is 0.207 e. The fraction of sp³-hybridized carbons (Fsp3) is 0.455. The van der Waals surface area contributed by atoms with Crippen LogP contribution in [0.25, 0.3) is 0 Å². The van der Waals surface area contributed by atoms with E-state index in [9.17, 15) is 4.39 Å². The van der Waals surface area contributed by atoms with Gasteiger partial charge in [-0.15, -0.1) is 0 Å². The maximum absolute atomic E-state index is 12.7. The van der Waals surface area contributed by atoms with Crippen molar-refractivity contribution in [1.29, 1.82) is 0 Å². The standard InChI is InChI=1S/C9H13F.C2H6/c1-5-6-9(10)8(4)7(2)3;1-2/h5-7H,1,4H2,2-3H3;1-2H3/b9-6+;. The van der Waals surface area contributed by atoms with Crippen LogP contribution in [0, 0.1) is 5.92 Å². The molecule has 0 amide bonds. The van der Waals surface area contributed by atoms with Gasteiger partial charge in [0.05, 0.1) is 0 Å². The highest BCUT2D eigenvalue weighted by molar-refractivity contribution is 5.26. The molecule has 0 rings (SSSR count). The lowest BCUT2D eigenvalue weighted by Gasteiger charge is -2.04. The van der Waals surface area contributed by atoms with Crippen molar-refractivity contribution in [2.45, 2.75) is 27.7 Å². The van der Waals surface area contributed by atoms with Gasteiger partial charge in [0, 0.05) is 0 Å². The van der Waals surface area contributed by atoms with Gasteiger partial charge in [-0.2, -0.15) is 0 Å². The van der Waals surface area contributed by atoms with Gasteiger partial charge in [0.1, 0.15) is 5.83 Å². The molecule has 0 aliphatic heterocycles. The number of allylic oxidation sites excluding steroid dienone is 4. The molecule has 0 aromatic heterocycles. The molecule has 0 aromatic carbocycles. The molecule has 0 bridgehead atoms. The third-order valence-corrected chi connectivity index (χ3v) is 1.27. The minimum absolute atomic E-state index is 0.163. The van der Waals surface area contributed by atoms with Crippen molar-refractivity contribution in [2.75, 3.05) is 0 Å². The Morgan fingerprint density at radius 3 is 2.00 bits per heavy atom. The maximum Gasteiger partial charge on any atom is 0.126 e. The Morgan fingerprint density at radius 2 is 1.75 bits per heavy atom. The summed E-state index contributed by atoms with van der Waals surface area (Å²) in [6, 6.07) is 0. The summed E-state index contributed by atoms with van der Waals surface area (Å²) >= 11 is 0. The molecule has 0 unspecified atom stereocenters. The zero-order valence-corrected chi connectivity index (χ0v) is 8.52. The second-order valence-corrected chi connectivity index (χ2v) is 2.43. The molecular formula is C11H19F. The quantitative estimate of drug-likeness (QED) is 0.555. The van der Waals surface area contributed by atoms with Crippen LogP contribution in [0.3, 0.4) is 0 Å². The van der Waals surface area contributed by atoms with E-state index >= 15 is 0 Å². The van der Waals surface area contributed by atoms with Gasteiger partial charge in [-0.1, -0.05) is 46.9 Å². The Labute approximate surface area is 75.5 Å². The average Bonchev–Trinajstić information content (AvgIpc) is 2.07. The molecule has 0 aromatic rings. The molecule has 0 aliphatic rings. The number of halogens is 1. The van der Waals surface area contributed by atoms with Crippen LogP contribution in [-0.4, -0.2) is 0 Å². The molecule has 0 nitrogen and oxygen atoms in total. The van der Waals surface area contributed by atoms with Crippen LogP contribution in [0.2, 0.25) is 0 Å². The van der Waals surface area contributed by atoms with Gasteiger partial charge in [-0.3, -0.25) is 0 Å². The summed E-state index contributed by atoms with van der Waals surface area (Å²) in [6.07, 6.45) is 2.74. The minimum atomic E-state index is -0.273. The Morgan fingerprint density at radius 1 is 1.33 bits per heavy atom. The van der Waals surface area contributed by atoms with E-state index < -0.39 is 0 Å². The zero-order valence-electron chi connectivity index (χ0n) is 8.52. The van der Waals surface area contributed by atoms with Crippen molar-refractivity contribution in [1.82, 2.24) is 0 Å². The summed E-state index contributed by atoms with van der Waals surface area (Å²) in [7, 11) is 0. The van der Waals surface area contributed by atoms with Crippen LogP contribution in [0.4, 0.5) is 4.39 Å². The molecule has 0 aliphatic carbocycles. The summed E-state index contributed by atoms with van der Waals surface area (Å²) < 4.78 is 12.7. The molecule has 0 saturated heterocycles. The summed E-state index contributed by atoms with van der Waals surface area (Å²) in [5.74, 6) is -0.110. The van der Waals surface area contributed by atoms with Gasteiger partial charge in [-0.25, -0.2) is 4.39 Å². The van der Waals surface area contributed by atoms with Crippen molar-refractivity contribution < 1.29 is 4.39 Å².